The van der Waals surface area contributed by atoms with E-state index in [0.29, 0.717) is 12.2 Å². The Bertz CT molecular complexity index is 1010. The maximum absolute atomic E-state index is 13.7. The Kier molecular flexibility index (Phi) is 6.38. The fourth-order valence-corrected chi connectivity index (χ4v) is 5.45. The van der Waals surface area contributed by atoms with Gasteiger partial charge in [-0.1, -0.05) is 24.2 Å². The molecular weight excluding hydrogens is 419 g/mol. The van der Waals surface area contributed by atoms with Crippen molar-refractivity contribution in [1.82, 2.24) is 25.5 Å². The van der Waals surface area contributed by atoms with Gasteiger partial charge in [0.15, 0.2) is 0 Å². The number of nitrogens with one attached hydrogen (secondary N) is 2. The molecule has 4 rings (SSSR count). The quantitative estimate of drug-likeness (QED) is 0.491. The molecule has 3 aromatic rings. The van der Waals surface area contributed by atoms with E-state index in [1.807, 2.05) is 13.1 Å². The van der Waals surface area contributed by atoms with Gasteiger partial charge in [0.2, 0.25) is 5.13 Å². The monoisotopic (exact) mass is 446 g/mol. The molecule has 0 amide bonds. The lowest BCUT2D eigenvalue weighted by Gasteiger charge is -2.26. The van der Waals surface area contributed by atoms with E-state index in [1.165, 1.54) is 6.07 Å². The van der Waals surface area contributed by atoms with E-state index in [-0.39, 0.29) is 18.7 Å². The summed E-state index contributed by atoms with van der Waals surface area (Å²) in [6.45, 7) is 4.48. The zero-order valence-corrected chi connectivity index (χ0v) is 18.7. The first kappa shape index (κ1) is 20.9. The first-order chi connectivity index (χ1) is 14.5. The Labute approximate surface area is 185 Å². The molecule has 1 unspecified atom stereocenters. The first-order valence-electron chi connectivity index (χ1n) is 10.1. The Hall–Kier alpha value is -2.39. The van der Waals surface area contributed by atoms with Crippen molar-refractivity contribution in [2.75, 3.05) is 5.32 Å². The number of nitrogens with zero attached hydrogens (tertiary/aromatic N) is 4. The number of aromatic nitrogens is 4. The maximum Gasteiger partial charge on any atom is 0.206 e. The van der Waals surface area contributed by atoms with Crippen molar-refractivity contribution in [3.05, 3.63) is 63.2 Å². The van der Waals surface area contributed by atoms with Crippen LogP contribution in [0, 0.1) is 12.7 Å². The fourth-order valence-electron chi connectivity index (χ4n) is 3.61. The molecule has 0 spiro atoms. The summed E-state index contributed by atoms with van der Waals surface area (Å²) in [6.07, 6.45) is 10.0. The lowest BCUT2D eigenvalue weighted by Crippen LogP contribution is -2.33. The minimum absolute atomic E-state index is 0. The van der Waals surface area contributed by atoms with Gasteiger partial charge in [-0.2, -0.15) is 0 Å². The van der Waals surface area contributed by atoms with E-state index in [1.54, 1.807) is 34.9 Å². The van der Waals surface area contributed by atoms with Gasteiger partial charge in [0.05, 0.1) is 23.7 Å². The number of hydrogen-bond acceptors (Lipinski definition) is 8. The molecule has 1 atom stereocenters. The highest BCUT2D eigenvalue weighted by Gasteiger charge is 2.32. The minimum Gasteiger partial charge on any atom is -0.385 e. The molecule has 3 aromatic heterocycles. The zero-order valence-electron chi connectivity index (χ0n) is 17.1. The first-order valence-corrected chi connectivity index (χ1v) is 11.8. The number of pyridine rings is 1. The van der Waals surface area contributed by atoms with Gasteiger partial charge in [0.25, 0.3) is 0 Å². The van der Waals surface area contributed by atoms with Crippen molar-refractivity contribution in [1.29, 1.82) is 0 Å². The van der Waals surface area contributed by atoms with Gasteiger partial charge in [-0.15, -0.1) is 21.5 Å². The van der Waals surface area contributed by atoms with E-state index >= 15 is 0 Å². The number of halogens is 1. The van der Waals surface area contributed by atoms with Crippen molar-refractivity contribution in [2.24, 2.45) is 0 Å². The van der Waals surface area contributed by atoms with Crippen molar-refractivity contribution in [3.63, 3.8) is 0 Å². The third kappa shape index (κ3) is 4.84. The van der Waals surface area contributed by atoms with Crippen molar-refractivity contribution >= 4 is 27.8 Å². The van der Waals surface area contributed by atoms with Crippen LogP contribution >= 0.6 is 22.7 Å². The van der Waals surface area contributed by atoms with E-state index in [4.69, 9.17) is 0 Å². The molecule has 0 saturated heterocycles. The summed E-state index contributed by atoms with van der Waals surface area (Å²) < 4.78 is 13.7. The Morgan fingerprint density at radius 3 is 2.87 bits per heavy atom. The number of aryl methyl sites for hydroxylation is 1. The predicted molar refractivity (Wildman–Crippen MR) is 121 cm³/mol. The Morgan fingerprint density at radius 1 is 1.30 bits per heavy atom. The molecule has 0 aliphatic heterocycles. The third-order valence-corrected chi connectivity index (χ3v) is 7.46. The molecule has 3 heterocycles. The van der Waals surface area contributed by atoms with Crippen molar-refractivity contribution in [3.8, 4) is 0 Å². The molecular formula is C21H27FN6S2. The molecule has 1 saturated carbocycles. The summed E-state index contributed by atoms with van der Waals surface area (Å²) in [7, 11) is 0. The Balaban J connectivity index is 0.00000272. The molecule has 6 nitrogen and oxygen atoms in total. The second kappa shape index (κ2) is 9.18. The van der Waals surface area contributed by atoms with Crippen LogP contribution in [-0.2, 0) is 6.54 Å². The van der Waals surface area contributed by atoms with Gasteiger partial charge in [-0.05, 0) is 51.1 Å². The van der Waals surface area contributed by atoms with Gasteiger partial charge in [-0.3, -0.25) is 4.98 Å². The van der Waals surface area contributed by atoms with Crippen LogP contribution in [0.25, 0.3) is 0 Å². The lowest BCUT2D eigenvalue weighted by atomic mass is 9.98. The van der Waals surface area contributed by atoms with Gasteiger partial charge < -0.3 is 10.6 Å². The number of thiazole rings is 1. The van der Waals surface area contributed by atoms with Crippen LogP contribution in [0.1, 0.15) is 61.4 Å². The number of anilines is 1. The van der Waals surface area contributed by atoms with Gasteiger partial charge >= 0.3 is 0 Å². The molecule has 2 N–H and O–H groups in total. The van der Waals surface area contributed by atoms with Gasteiger partial charge in [-0.25, -0.2) is 9.37 Å². The van der Waals surface area contributed by atoms with Crippen LogP contribution in [-0.4, -0.2) is 25.7 Å². The van der Waals surface area contributed by atoms with Crippen molar-refractivity contribution < 1.29 is 5.82 Å². The Morgan fingerprint density at radius 2 is 2.13 bits per heavy atom. The summed E-state index contributed by atoms with van der Waals surface area (Å²) in [4.78, 5) is 8.65. The summed E-state index contributed by atoms with van der Waals surface area (Å²) in [5, 5.41) is 20.5. The topological polar surface area (TPSA) is 75.6 Å². The third-order valence-electron chi connectivity index (χ3n) is 5.29. The van der Waals surface area contributed by atoms with E-state index in [9.17, 15) is 4.39 Å². The molecule has 160 valence electrons. The maximum atomic E-state index is 13.7. The average Bonchev–Trinajstić information content (AvgIpc) is 3.48. The molecule has 30 heavy (non-hydrogen) atoms. The number of hydrogen-bond donors (Lipinski definition) is 2. The standard InChI is InChI=1S/C21H25FN6S2.H2/c1-14-13-29-18(25-14)15(2)19-27-28-20(30-19)26-21(7-3-4-8-21)9-11-23-12-17-16(22)6-5-10-24-17;/h5-6,9-11,13,15,23H,3-4,7-8,12H2,1-2H3,(H,26,28);1H/b11-9-;. The SMILES string of the molecule is Cc1csc(C(C)c2nnc(NC3(/C=C\NCc4ncccc4F)CCCC3)s2)n1.[HH]. The second-order valence-corrected chi connectivity index (χ2v) is 9.53. The highest BCUT2D eigenvalue weighted by atomic mass is 32.1. The second-order valence-electron chi connectivity index (χ2n) is 7.63. The summed E-state index contributed by atoms with van der Waals surface area (Å²) in [5.74, 6) is -0.153. The number of rotatable bonds is 8. The average molecular weight is 447 g/mol. The summed E-state index contributed by atoms with van der Waals surface area (Å²) in [5.41, 5.74) is 1.29. The van der Waals surface area contributed by atoms with Crippen LogP contribution in [0.15, 0.2) is 36.0 Å². The molecule has 0 aromatic carbocycles. The van der Waals surface area contributed by atoms with Crippen molar-refractivity contribution in [2.45, 2.75) is 57.5 Å². The minimum atomic E-state index is -0.293. The van der Waals surface area contributed by atoms with E-state index in [2.05, 4.69) is 49.2 Å². The molecule has 0 bridgehead atoms. The molecule has 9 heteroatoms. The molecule has 1 aliphatic carbocycles. The fraction of sp³-hybridized carbons (Fsp3) is 0.429. The molecule has 1 aliphatic rings. The lowest BCUT2D eigenvalue weighted by molar-refractivity contribution is 0.582. The smallest absolute Gasteiger partial charge is 0.206 e. The highest BCUT2D eigenvalue weighted by Crippen LogP contribution is 2.37. The van der Waals surface area contributed by atoms with Gasteiger partial charge in [0, 0.05) is 18.7 Å². The summed E-state index contributed by atoms with van der Waals surface area (Å²) >= 11 is 3.25. The van der Waals surface area contributed by atoms with E-state index < -0.39 is 0 Å². The molecule has 1 fully saturated rings. The van der Waals surface area contributed by atoms with Gasteiger partial charge in [0.1, 0.15) is 15.8 Å². The predicted octanol–water partition coefficient (Wildman–Crippen LogP) is 5.26. The van der Waals surface area contributed by atoms with Crippen LogP contribution in [0.5, 0.6) is 0 Å². The largest absolute Gasteiger partial charge is 0.385 e. The molecule has 0 radical (unpaired) electrons. The zero-order chi connectivity index (χ0) is 21.0. The highest BCUT2D eigenvalue weighted by molar-refractivity contribution is 7.15. The van der Waals surface area contributed by atoms with Crippen LogP contribution in [0.4, 0.5) is 9.52 Å². The van der Waals surface area contributed by atoms with Crippen LogP contribution < -0.4 is 10.6 Å². The van der Waals surface area contributed by atoms with E-state index in [0.717, 1.165) is 46.5 Å². The normalized spacial score (nSPS) is 16.8. The summed E-state index contributed by atoms with van der Waals surface area (Å²) in [6, 6.07) is 3.02. The van der Waals surface area contributed by atoms with Crippen LogP contribution in [0.3, 0.4) is 0 Å². The van der Waals surface area contributed by atoms with Crippen LogP contribution in [0.2, 0.25) is 0 Å².